The fraction of sp³-hybridized carbons (Fsp3) is 0.750. The van der Waals surface area contributed by atoms with Gasteiger partial charge in [0.25, 0.3) is 0 Å². The highest BCUT2D eigenvalue weighted by atomic mass is 16.4. The van der Waals surface area contributed by atoms with Crippen LogP contribution in [0.4, 0.5) is 0 Å². The predicted molar refractivity (Wildman–Crippen MR) is 96.7 cm³/mol. The topological polar surface area (TPSA) is 429 Å². The first-order valence-corrected chi connectivity index (χ1v) is 6.10. The summed E-state index contributed by atoms with van der Waals surface area (Å²) in [5, 5.41) is 65.7. The Balaban J connectivity index is -0.0000000234. The molecule has 0 heterocycles. The van der Waals surface area contributed by atoms with E-state index < -0.39 is 36.4 Å². The molecule has 0 radical (unpaired) electrons. The molecule has 0 spiro atoms. The summed E-state index contributed by atoms with van der Waals surface area (Å²) in [4.78, 5) is 30.0. The number of quaternary nitrogens is 6. The third-order valence-electron chi connectivity index (χ3n) is 1.25. The zero-order valence-electron chi connectivity index (χ0n) is 18.7. The van der Waals surface area contributed by atoms with Crippen LogP contribution in [0.5, 0.6) is 0 Å². The van der Waals surface area contributed by atoms with E-state index in [-0.39, 0.29) is 56.7 Å². The van der Waals surface area contributed by atoms with E-state index >= 15 is 0 Å². The van der Waals surface area contributed by atoms with Crippen LogP contribution in [-0.4, -0.2) is 48.4 Å². The van der Waals surface area contributed by atoms with Gasteiger partial charge >= 0.3 is 0 Å². The summed E-state index contributed by atoms with van der Waals surface area (Å²) in [6.45, 7) is 4.71. The fourth-order valence-electron chi connectivity index (χ4n) is 0.684. The SMILES string of the molecule is CC[O-].CC[O-].CC[O-].O=C([O-])CC(O)(CC(=O)[O-])C(=O)[O-].[NH4+].[NH4+].[NH4+].[NH4+].[NH4+].[NH4+]. The molecule has 0 rings (SSSR count). The first-order chi connectivity index (χ1) is 10.0. The Labute approximate surface area is 165 Å². The number of carbonyl (C=O) groups is 3. The molecule has 0 aromatic heterocycles. The molecule has 0 unspecified atom stereocenters. The molecule has 0 saturated carbocycles. The van der Waals surface area contributed by atoms with Gasteiger partial charge in [0, 0.05) is 24.8 Å². The van der Waals surface area contributed by atoms with Gasteiger partial charge in [0.05, 0.1) is 5.97 Å². The summed E-state index contributed by atoms with van der Waals surface area (Å²) in [6, 6.07) is 0. The van der Waals surface area contributed by atoms with Crippen molar-refractivity contribution >= 4 is 17.9 Å². The lowest BCUT2D eigenvalue weighted by Gasteiger charge is -2.29. The maximum Gasteiger partial charge on any atom is 0.114 e. The number of rotatable bonds is 5. The Hall–Kier alpha value is -1.99. The van der Waals surface area contributed by atoms with Crippen LogP contribution in [0.3, 0.4) is 0 Å². The van der Waals surface area contributed by atoms with E-state index in [4.69, 9.17) is 20.4 Å². The maximum atomic E-state index is 10.1. The number of hydrogen-bond acceptors (Lipinski definition) is 10. The van der Waals surface area contributed by atoms with Crippen molar-refractivity contribution in [3.63, 3.8) is 0 Å². The minimum atomic E-state index is -2.97. The second-order valence-electron chi connectivity index (χ2n) is 3.28. The van der Waals surface area contributed by atoms with Crippen molar-refractivity contribution in [3.05, 3.63) is 0 Å². The van der Waals surface area contributed by atoms with Crippen LogP contribution < -0.4 is 67.5 Å². The van der Waals surface area contributed by atoms with E-state index in [9.17, 15) is 29.7 Å². The molecule has 0 amide bonds. The molecule has 28 heavy (non-hydrogen) atoms. The van der Waals surface area contributed by atoms with Crippen LogP contribution in [-0.2, 0) is 14.4 Å². The smallest absolute Gasteiger partial charge is 0.114 e. The van der Waals surface area contributed by atoms with E-state index in [2.05, 4.69) is 0 Å². The van der Waals surface area contributed by atoms with Gasteiger partial charge in [-0.3, -0.25) is 0 Å². The molecule has 0 saturated heterocycles. The van der Waals surface area contributed by atoms with Crippen molar-refractivity contribution in [1.82, 2.24) is 36.9 Å². The molecule has 0 bridgehead atoms. The van der Waals surface area contributed by atoms with Crippen LogP contribution in [0.2, 0.25) is 0 Å². The van der Waals surface area contributed by atoms with Gasteiger partial charge in [-0.2, -0.15) is 0 Å². The normalized spacial score (nSPS) is 6.96. The highest BCUT2D eigenvalue weighted by molar-refractivity contribution is 5.86. The first kappa shape index (κ1) is 63.5. The van der Waals surface area contributed by atoms with E-state index in [0.717, 1.165) is 0 Å². The highest BCUT2D eigenvalue weighted by Gasteiger charge is 2.29. The van der Waals surface area contributed by atoms with Crippen molar-refractivity contribution in [2.45, 2.75) is 39.2 Å². The number of carboxylic acid groups (broad SMARTS) is 3. The molecule has 0 aromatic carbocycles. The van der Waals surface area contributed by atoms with Gasteiger partial charge in [0.2, 0.25) is 0 Å². The molecule has 0 aliphatic carbocycles. The number of carboxylic acids is 3. The Morgan fingerprint density at radius 2 is 0.786 bits per heavy atom. The van der Waals surface area contributed by atoms with Gasteiger partial charge in [-0.05, 0) is 0 Å². The third kappa shape index (κ3) is 64.8. The van der Waals surface area contributed by atoms with E-state index in [0.29, 0.717) is 0 Å². The Morgan fingerprint density at radius 3 is 0.857 bits per heavy atom. The molecule has 0 atom stereocenters. The van der Waals surface area contributed by atoms with Crippen molar-refractivity contribution in [2.24, 2.45) is 0 Å². The molecule has 16 heteroatoms. The number of aliphatic carboxylic acids is 3. The van der Waals surface area contributed by atoms with Crippen molar-refractivity contribution in [2.75, 3.05) is 19.8 Å². The molecule has 0 fully saturated rings. The fourth-order valence-corrected chi connectivity index (χ4v) is 0.684. The van der Waals surface area contributed by atoms with Gasteiger partial charge in [-0.15, -0.1) is 19.8 Å². The van der Waals surface area contributed by atoms with E-state index in [1.165, 1.54) is 0 Å². The number of hydrogen-bond donors (Lipinski definition) is 7. The summed E-state index contributed by atoms with van der Waals surface area (Å²) >= 11 is 0. The summed E-state index contributed by atoms with van der Waals surface area (Å²) < 4.78 is 0. The first-order valence-electron chi connectivity index (χ1n) is 6.10. The van der Waals surface area contributed by atoms with Crippen molar-refractivity contribution in [1.29, 1.82) is 0 Å². The second-order valence-corrected chi connectivity index (χ2v) is 3.28. The Morgan fingerprint density at radius 1 is 0.643 bits per heavy atom. The lowest BCUT2D eigenvalue weighted by molar-refractivity contribution is -0.362. The van der Waals surface area contributed by atoms with Crippen LogP contribution in [0.25, 0.3) is 0 Å². The zero-order valence-corrected chi connectivity index (χ0v) is 18.7. The number of aliphatic hydroxyl groups is 1. The molecule has 182 valence electrons. The third-order valence-corrected chi connectivity index (χ3v) is 1.25. The molecule has 0 aliphatic rings. The summed E-state index contributed by atoms with van der Waals surface area (Å²) in [5.41, 5.74) is -2.97. The van der Waals surface area contributed by atoms with E-state index in [1.807, 2.05) is 0 Å². The monoisotopic (exact) mass is 432 g/mol. The van der Waals surface area contributed by atoms with Gasteiger partial charge in [0.1, 0.15) is 5.60 Å². The quantitative estimate of drug-likeness (QED) is 0.217. The average molecular weight is 433 g/mol. The van der Waals surface area contributed by atoms with Gasteiger partial charge in [0.15, 0.2) is 0 Å². The average Bonchev–Trinajstić information content (AvgIpc) is 2.29. The number of carbonyl (C=O) groups excluding carboxylic acids is 3. The molecule has 16 nitrogen and oxygen atoms in total. The Bertz CT molecular complexity index is 290. The molecular formula is C12H44N6O10. The van der Waals surface area contributed by atoms with Gasteiger partial charge in [-0.1, -0.05) is 20.8 Å². The second kappa shape index (κ2) is 44.4. The zero-order chi connectivity index (χ0) is 18.8. The van der Waals surface area contributed by atoms with Gasteiger partial charge < -0.3 is 87.0 Å². The molecule has 25 N–H and O–H groups in total. The van der Waals surface area contributed by atoms with Crippen LogP contribution in [0, 0.1) is 0 Å². The Kier molecular flexibility index (Phi) is 101. The van der Waals surface area contributed by atoms with E-state index in [1.54, 1.807) is 20.8 Å². The summed E-state index contributed by atoms with van der Waals surface area (Å²) in [5.74, 6) is -5.98. The predicted octanol–water partition coefficient (Wildman–Crippen LogP) is -4.90. The molecular weight excluding hydrogens is 388 g/mol. The minimum absolute atomic E-state index is 0. The van der Waals surface area contributed by atoms with Crippen LogP contribution >= 0.6 is 0 Å². The van der Waals surface area contributed by atoms with Crippen LogP contribution in [0.1, 0.15) is 33.6 Å². The molecule has 0 aromatic rings. The summed E-state index contributed by atoms with van der Waals surface area (Å²) in [7, 11) is 0. The lowest BCUT2D eigenvalue weighted by atomic mass is 9.96. The largest absolute Gasteiger partial charge is 0.855 e. The molecule has 0 aliphatic heterocycles. The lowest BCUT2D eigenvalue weighted by Crippen LogP contribution is -2.54. The maximum absolute atomic E-state index is 10.1. The minimum Gasteiger partial charge on any atom is -0.855 e. The van der Waals surface area contributed by atoms with Crippen molar-refractivity contribution in [3.8, 4) is 0 Å². The standard InChI is InChI=1S/C6H8O7.3C2H5O.6H3N/c7-3(8)1-6(13,5(11)12)2-4(9)10;3*1-2-3;;;;;;/h13H,1-2H2,(H,7,8)(H,9,10)(H,11,12);3*2H2,1H3;6*1H3/q;3*-1;;;;;;/p+3. The van der Waals surface area contributed by atoms with Gasteiger partial charge in [-0.25, -0.2) is 0 Å². The summed E-state index contributed by atoms with van der Waals surface area (Å²) in [6.07, 6.45) is -2.72. The van der Waals surface area contributed by atoms with Crippen molar-refractivity contribution < 1.29 is 50.1 Å². The highest BCUT2D eigenvalue weighted by Crippen LogP contribution is 2.13. The van der Waals surface area contributed by atoms with Crippen LogP contribution in [0.15, 0.2) is 0 Å².